The van der Waals surface area contributed by atoms with Crippen LogP contribution in [0.5, 0.6) is 5.75 Å². The van der Waals surface area contributed by atoms with Crippen LogP contribution < -0.4 is 9.64 Å². The van der Waals surface area contributed by atoms with Crippen molar-refractivity contribution in [3.05, 3.63) is 23.8 Å². The molecule has 0 heterocycles. The van der Waals surface area contributed by atoms with Gasteiger partial charge in [-0.2, -0.15) is 0 Å². The Kier molecular flexibility index (Phi) is 6.19. The van der Waals surface area contributed by atoms with Crippen LogP contribution in [0.15, 0.2) is 18.2 Å². The molecule has 0 amide bonds. The average Bonchev–Trinajstić information content (AvgIpc) is 2.42. The Morgan fingerprint density at radius 1 is 1.37 bits per heavy atom. The summed E-state index contributed by atoms with van der Waals surface area (Å²) in [6.07, 6.45) is 2.79. The Morgan fingerprint density at radius 3 is 2.68 bits per heavy atom. The van der Waals surface area contributed by atoms with Gasteiger partial charge < -0.3 is 14.7 Å². The van der Waals surface area contributed by atoms with Crippen LogP contribution in [-0.4, -0.2) is 31.8 Å². The number of rotatable bonds is 8. The van der Waals surface area contributed by atoms with E-state index < -0.39 is 5.97 Å². The van der Waals surface area contributed by atoms with Gasteiger partial charge in [-0.05, 0) is 37.0 Å². The highest BCUT2D eigenvalue weighted by atomic mass is 16.5. The molecule has 1 rings (SSSR count). The van der Waals surface area contributed by atoms with Crippen LogP contribution in [-0.2, 0) is 11.2 Å². The molecule has 0 aliphatic rings. The van der Waals surface area contributed by atoms with Crippen molar-refractivity contribution in [1.29, 1.82) is 0 Å². The van der Waals surface area contributed by atoms with Crippen molar-refractivity contribution in [2.24, 2.45) is 0 Å². The predicted molar refractivity (Wildman–Crippen MR) is 77.1 cm³/mol. The zero-order chi connectivity index (χ0) is 14.3. The summed E-state index contributed by atoms with van der Waals surface area (Å²) in [7, 11) is 3.68. The van der Waals surface area contributed by atoms with Gasteiger partial charge in [-0.15, -0.1) is 0 Å². The van der Waals surface area contributed by atoms with E-state index in [1.54, 1.807) is 7.11 Å². The number of carbonyl (C=O) groups is 1. The molecule has 0 aliphatic carbocycles. The minimum absolute atomic E-state index is 0.236. The largest absolute Gasteiger partial charge is 0.495 e. The average molecular weight is 265 g/mol. The summed E-state index contributed by atoms with van der Waals surface area (Å²) in [6.45, 7) is 2.95. The van der Waals surface area contributed by atoms with Crippen LogP contribution in [0.1, 0.15) is 31.7 Å². The van der Waals surface area contributed by atoms with Gasteiger partial charge in [0.15, 0.2) is 0 Å². The molecular formula is C15H23NO3. The second-order valence-corrected chi connectivity index (χ2v) is 4.63. The fraction of sp³-hybridized carbons (Fsp3) is 0.533. The number of ether oxygens (including phenoxy) is 1. The minimum atomic E-state index is -0.729. The molecule has 0 aliphatic heterocycles. The van der Waals surface area contributed by atoms with E-state index in [2.05, 4.69) is 24.0 Å². The van der Waals surface area contributed by atoms with Crippen LogP contribution in [0.25, 0.3) is 0 Å². The smallest absolute Gasteiger partial charge is 0.303 e. The zero-order valence-corrected chi connectivity index (χ0v) is 12.0. The van der Waals surface area contributed by atoms with Crippen molar-refractivity contribution >= 4 is 11.7 Å². The first-order valence-corrected chi connectivity index (χ1v) is 6.68. The molecule has 0 aromatic heterocycles. The highest BCUT2D eigenvalue weighted by Crippen LogP contribution is 2.29. The van der Waals surface area contributed by atoms with Gasteiger partial charge in [-0.25, -0.2) is 0 Å². The van der Waals surface area contributed by atoms with Crippen molar-refractivity contribution < 1.29 is 14.6 Å². The zero-order valence-electron chi connectivity index (χ0n) is 12.0. The molecule has 1 N–H and O–H groups in total. The van der Waals surface area contributed by atoms with E-state index >= 15 is 0 Å². The first kappa shape index (κ1) is 15.3. The monoisotopic (exact) mass is 265 g/mol. The number of methoxy groups -OCH3 is 1. The maximum Gasteiger partial charge on any atom is 0.303 e. The topological polar surface area (TPSA) is 49.8 Å². The van der Waals surface area contributed by atoms with E-state index in [1.807, 2.05) is 13.1 Å². The molecule has 0 unspecified atom stereocenters. The highest BCUT2D eigenvalue weighted by Gasteiger charge is 2.09. The van der Waals surface area contributed by atoms with E-state index in [0.717, 1.165) is 30.8 Å². The molecule has 1 aromatic rings. The van der Waals surface area contributed by atoms with E-state index in [9.17, 15) is 4.79 Å². The van der Waals surface area contributed by atoms with Crippen LogP contribution >= 0.6 is 0 Å². The second-order valence-electron chi connectivity index (χ2n) is 4.63. The lowest BCUT2D eigenvalue weighted by Gasteiger charge is -2.22. The van der Waals surface area contributed by atoms with Crippen LogP contribution in [0.2, 0.25) is 0 Å². The van der Waals surface area contributed by atoms with Gasteiger partial charge in [0.25, 0.3) is 0 Å². The maximum atomic E-state index is 10.5. The molecule has 0 saturated carbocycles. The highest BCUT2D eigenvalue weighted by molar-refractivity contribution is 5.66. The summed E-state index contributed by atoms with van der Waals surface area (Å²) in [4.78, 5) is 12.6. The SMILES string of the molecule is CCc1ccc(OC)c(N(C)CCCCC(=O)O)c1. The number of carboxylic acids is 1. The summed E-state index contributed by atoms with van der Waals surface area (Å²) in [5.41, 5.74) is 2.34. The van der Waals surface area contributed by atoms with Crippen LogP contribution in [0.4, 0.5) is 5.69 Å². The number of hydrogen-bond acceptors (Lipinski definition) is 3. The maximum absolute atomic E-state index is 10.5. The lowest BCUT2D eigenvalue weighted by Crippen LogP contribution is -2.19. The molecule has 0 radical (unpaired) electrons. The predicted octanol–water partition coefficient (Wildman–Crippen LogP) is 2.95. The number of benzene rings is 1. The lowest BCUT2D eigenvalue weighted by molar-refractivity contribution is -0.137. The fourth-order valence-electron chi connectivity index (χ4n) is 2.00. The summed E-state index contributed by atoms with van der Waals surface area (Å²) in [5, 5.41) is 8.61. The normalized spacial score (nSPS) is 10.3. The Labute approximate surface area is 115 Å². The molecule has 106 valence electrons. The third-order valence-electron chi connectivity index (χ3n) is 3.20. The summed E-state index contributed by atoms with van der Waals surface area (Å²) in [6, 6.07) is 6.19. The lowest BCUT2D eigenvalue weighted by atomic mass is 10.1. The number of carboxylic acid groups (broad SMARTS) is 1. The molecule has 0 atom stereocenters. The standard InChI is InChI=1S/C15H23NO3/c1-4-12-8-9-14(19-3)13(11-12)16(2)10-6-5-7-15(17)18/h8-9,11H,4-7,10H2,1-3H3,(H,17,18). The Balaban J connectivity index is 2.63. The second kappa shape index (κ2) is 7.67. The molecule has 19 heavy (non-hydrogen) atoms. The first-order valence-electron chi connectivity index (χ1n) is 6.68. The molecule has 1 aromatic carbocycles. The summed E-state index contributed by atoms with van der Waals surface area (Å²) in [5.74, 6) is 0.131. The number of hydrogen-bond donors (Lipinski definition) is 1. The number of aliphatic carboxylic acids is 1. The number of unbranched alkanes of at least 4 members (excludes halogenated alkanes) is 1. The quantitative estimate of drug-likeness (QED) is 0.734. The molecule has 4 nitrogen and oxygen atoms in total. The van der Waals surface area contributed by atoms with Crippen molar-refractivity contribution in [3.8, 4) is 5.75 Å². The van der Waals surface area contributed by atoms with Gasteiger partial charge in [0.05, 0.1) is 12.8 Å². The Hall–Kier alpha value is -1.71. The van der Waals surface area contributed by atoms with E-state index in [1.165, 1.54) is 5.56 Å². The van der Waals surface area contributed by atoms with Crippen molar-refractivity contribution in [2.45, 2.75) is 32.6 Å². The van der Waals surface area contributed by atoms with E-state index in [4.69, 9.17) is 9.84 Å². The molecular weight excluding hydrogens is 242 g/mol. The van der Waals surface area contributed by atoms with Gasteiger partial charge in [-0.1, -0.05) is 13.0 Å². The van der Waals surface area contributed by atoms with E-state index in [0.29, 0.717) is 6.42 Å². The first-order chi connectivity index (χ1) is 9.08. The Bertz CT molecular complexity index is 418. The third kappa shape index (κ3) is 4.81. The number of anilines is 1. The van der Waals surface area contributed by atoms with Gasteiger partial charge in [0, 0.05) is 20.0 Å². The van der Waals surface area contributed by atoms with Crippen molar-refractivity contribution in [1.82, 2.24) is 0 Å². The summed E-state index contributed by atoms with van der Waals surface area (Å²) >= 11 is 0. The van der Waals surface area contributed by atoms with Crippen molar-refractivity contribution in [3.63, 3.8) is 0 Å². The molecule has 0 spiro atoms. The van der Waals surface area contributed by atoms with Crippen LogP contribution in [0.3, 0.4) is 0 Å². The fourth-order valence-corrected chi connectivity index (χ4v) is 2.00. The number of aryl methyl sites for hydroxylation is 1. The molecule has 4 heteroatoms. The minimum Gasteiger partial charge on any atom is -0.495 e. The third-order valence-corrected chi connectivity index (χ3v) is 3.20. The molecule has 0 fully saturated rings. The van der Waals surface area contributed by atoms with Crippen molar-refractivity contribution in [2.75, 3.05) is 25.6 Å². The number of nitrogens with zero attached hydrogens (tertiary/aromatic N) is 1. The molecule has 0 bridgehead atoms. The van der Waals surface area contributed by atoms with E-state index in [-0.39, 0.29) is 6.42 Å². The molecule has 0 saturated heterocycles. The van der Waals surface area contributed by atoms with Gasteiger partial charge >= 0.3 is 5.97 Å². The van der Waals surface area contributed by atoms with Gasteiger partial charge in [0.1, 0.15) is 5.75 Å². The Morgan fingerprint density at radius 2 is 2.11 bits per heavy atom. The van der Waals surface area contributed by atoms with Crippen LogP contribution in [0, 0.1) is 0 Å². The summed E-state index contributed by atoms with van der Waals surface area (Å²) < 4.78 is 5.37. The van der Waals surface area contributed by atoms with Gasteiger partial charge in [-0.3, -0.25) is 4.79 Å². The van der Waals surface area contributed by atoms with Gasteiger partial charge in [0.2, 0.25) is 0 Å².